The van der Waals surface area contributed by atoms with Gasteiger partial charge in [-0.3, -0.25) is 0 Å². The fourth-order valence-corrected chi connectivity index (χ4v) is 1.45. The second-order valence-corrected chi connectivity index (χ2v) is 3.38. The molecule has 0 aromatic rings. The van der Waals surface area contributed by atoms with Crippen molar-refractivity contribution in [3.63, 3.8) is 0 Å². The lowest BCUT2D eigenvalue weighted by molar-refractivity contribution is -0.0613. The topological polar surface area (TPSA) is 24.8 Å². The van der Waals surface area contributed by atoms with Crippen LogP contribution in [0.3, 0.4) is 0 Å². The summed E-state index contributed by atoms with van der Waals surface area (Å²) < 4.78 is 37.6. The predicted octanol–water partition coefficient (Wildman–Crippen LogP) is 1.81. The standard InChI is InChI=1S/C9H13F3N2O/c1-14-5-3-4-7(6-14)8(13-15-2)9(10,11)12/h4H,3,5-6H2,1-2H3/b13-8-. The molecule has 0 spiro atoms. The molecule has 0 fully saturated rings. The zero-order chi connectivity index (χ0) is 11.5. The lowest BCUT2D eigenvalue weighted by Gasteiger charge is -2.24. The minimum absolute atomic E-state index is 0.179. The number of alkyl halides is 3. The summed E-state index contributed by atoms with van der Waals surface area (Å²) in [6, 6.07) is 0. The van der Waals surface area contributed by atoms with E-state index in [9.17, 15) is 13.2 Å². The van der Waals surface area contributed by atoms with Crippen LogP contribution in [0.25, 0.3) is 0 Å². The summed E-state index contributed by atoms with van der Waals surface area (Å²) in [5.41, 5.74) is -0.755. The van der Waals surface area contributed by atoms with Gasteiger partial charge in [0, 0.05) is 13.1 Å². The number of nitrogens with zero attached hydrogens (tertiary/aromatic N) is 2. The third kappa shape index (κ3) is 3.23. The Labute approximate surface area is 86.2 Å². The van der Waals surface area contributed by atoms with E-state index in [0.29, 0.717) is 6.42 Å². The predicted molar refractivity (Wildman–Crippen MR) is 50.7 cm³/mol. The van der Waals surface area contributed by atoms with Crippen LogP contribution in [0.5, 0.6) is 0 Å². The molecule has 0 aliphatic carbocycles. The Morgan fingerprint density at radius 3 is 2.67 bits per heavy atom. The monoisotopic (exact) mass is 222 g/mol. The van der Waals surface area contributed by atoms with Crippen molar-refractivity contribution in [2.75, 3.05) is 27.2 Å². The van der Waals surface area contributed by atoms with Gasteiger partial charge in [-0.2, -0.15) is 13.2 Å². The molecule has 0 saturated heterocycles. The first kappa shape index (κ1) is 12.0. The van der Waals surface area contributed by atoms with Gasteiger partial charge in [0.2, 0.25) is 0 Å². The second-order valence-electron chi connectivity index (χ2n) is 3.38. The highest BCUT2D eigenvalue weighted by Crippen LogP contribution is 2.24. The minimum atomic E-state index is -4.46. The first-order chi connectivity index (χ1) is 6.95. The number of rotatable bonds is 2. The van der Waals surface area contributed by atoms with Crippen LogP contribution in [0.15, 0.2) is 16.8 Å². The summed E-state index contributed by atoms with van der Waals surface area (Å²) in [7, 11) is 2.88. The summed E-state index contributed by atoms with van der Waals surface area (Å²) in [4.78, 5) is 6.04. The van der Waals surface area contributed by atoms with Crippen LogP contribution < -0.4 is 0 Å². The zero-order valence-corrected chi connectivity index (χ0v) is 8.64. The van der Waals surface area contributed by atoms with Gasteiger partial charge in [-0.15, -0.1) is 0 Å². The van der Waals surface area contributed by atoms with Crippen molar-refractivity contribution in [1.29, 1.82) is 0 Å². The van der Waals surface area contributed by atoms with E-state index < -0.39 is 11.9 Å². The normalized spacial score (nSPS) is 20.1. The molecule has 3 nitrogen and oxygen atoms in total. The fourth-order valence-electron chi connectivity index (χ4n) is 1.45. The van der Waals surface area contributed by atoms with Gasteiger partial charge in [0.1, 0.15) is 7.11 Å². The van der Waals surface area contributed by atoms with Crippen molar-refractivity contribution in [1.82, 2.24) is 4.90 Å². The van der Waals surface area contributed by atoms with E-state index >= 15 is 0 Å². The average molecular weight is 222 g/mol. The van der Waals surface area contributed by atoms with E-state index in [1.165, 1.54) is 0 Å². The van der Waals surface area contributed by atoms with Gasteiger partial charge in [0.25, 0.3) is 0 Å². The van der Waals surface area contributed by atoms with Gasteiger partial charge in [0.15, 0.2) is 5.71 Å². The van der Waals surface area contributed by atoms with E-state index in [0.717, 1.165) is 13.7 Å². The van der Waals surface area contributed by atoms with E-state index in [1.54, 1.807) is 13.1 Å². The number of likely N-dealkylation sites (N-methyl/N-ethyl adjacent to an activating group) is 1. The van der Waals surface area contributed by atoms with Crippen LogP contribution in [0.4, 0.5) is 13.2 Å². The second kappa shape index (κ2) is 4.65. The molecule has 0 unspecified atom stereocenters. The van der Waals surface area contributed by atoms with Gasteiger partial charge >= 0.3 is 6.18 Å². The minimum Gasteiger partial charge on any atom is -0.399 e. The Morgan fingerprint density at radius 1 is 1.53 bits per heavy atom. The van der Waals surface area contributed by atoms with E-state index in [2.05, 4.69) is 9.99 Å². The maximum Gasteiger partial charge on any atom is 0.436 e. The largest absolute Gasteiger partial charge is 0.436 e. The quantitative estimate of drug-likeness (QED) is 0.526. The van der Waals surface area contributed by atoms with Gasteiger partial charge in [-0.25, -0.2) is 0 Å². The summed E-state index contributed by atoms with van der Waals surface area (Å²) >= 11 is 0. The molecule has 1 heterocycles. The Balaban J connectivity index is 2.91. The molecule has 0 N–H and O–H groups in total. The lowest BCUT2D eigenvalue weighted by Crippen LogP contribution is -2.34. The van der Waals surface area contributed by atoms with Crippen molar-refractivity contribution >= 4 is 5.71 Å². The molecule has 0 bridgehead atoms. The molecule has 0 radical (unpaired) electrons. The molecule has 0 aromatic heterocycles. The highest BCUT2D eigenvalue weighted by molar-refractivity contribution is 6.04. The van der Waals surface area contributed by atoms with Crippen LogP contribution in [0.1, 0.15) is 6.42 Å². The zero-order valence-electron chi connectivity index (χ0n) is 8.64. The smallest absolute Gasteiger partial charge is 0.399 e. The number of hydrogen-bond acceptors (Lipinski definition) is 3. The molecule has 1 aliphatic rings. The number of halogens is 3. The molecule has 15 heavy (non-hydrogen) atoms. The molecular formula is C9H13F3N2O. The molecule has 0 atom stereocenters. The molecule has 6 heteroatoms. The van der Waals surface area contributed by atoms with Gasteiger partial charge in [0.05, 0.1) is 0 Å². The van der Waals surface area contributed by atoms with Crippen LogP contribution in [-0.2, 0) is 4.84 Å². The number of oxime groups is 1. The first-order valence-electron chi connectivity index (χ1n) is 4.51. The van der Waals surface area contributed by atoms with E-state index in [1.807, 2.05) is 4.90 Å². The molecule has 86 valence electrons. The third-order valence-electron chi connectivity index (χ3n) is 2.10. The summed E-state index contributed by atoms with van der Waals surface area (Å²) in [5, 5.41) is 3.05. The molecule has 0 saturated carbocycles. The fraction of sp³-hybridized carbons (Fsp3) is 0.667. The van der Waals surface area contributed by atoms with E-state index in [-0.39, 0.29) is 12.1 Å². The summed E-state index contributed by atoms with van der Waals surface area (Å²) in [6.45, 7) is 1.02. The highest BCUT2D eigenvalue weighted by atomic mass is 19.4. The molecule has 0 aromatic carbocycles. The van der Waals surface area contributed by atoms with Gasteiger partial charge < -0.3 is 9.74 Å². The molecule has 1 aliphatic heterocycles. The Hall–Kier alpha value is -1.04. The maximum absolute atomic E-state index is 12.5. The third-order valence-corrected chi connectivity index (χ3v) is 2.10. The molecule has 1 rings (SSSR count). The maximum atomic E-state index is 12.5. The number of hydrogen-bond donors (Lipinski definition) is 0. The average Bonchev–Trinajstić information content (AvgIpc) is 2.12. The first-order valence-corrected chi connectivity index (χ1v) is 4.51. The van der Waals surface area contributed by atoms with Crippen molar-refractivity contribution in [2.45, 2.75) is 12.6 Å². The van der Waals surface area contributed by atoms with Gasteiger partial charge in [-0.05, 0) is 19.0 Å². The van der Waals surface area contributed by atoms with Crippen LogP contribution >= 0.6 is 0 Å². The van der Waals surface area contributed by atoms with Crippen molar-refractivity contribution < 1.29 is 18.0 Å². The Kier molecular flexibility index (Phi) is 3.73. The van der Waals surface area contributed by atoms with Crippen molar-refractivity contribution in [3.05, 3.63) is 11.6 Å². The van der Waals surface area contributed by atoms with Gasteiger partial charge in [-0.1, -0.05) is 11.2 Å². The van der Waals surface area contributed by atoms with Crippen LogP contribution in [0, 0.1) is 0 Å². The summed E-state index contributed by atoms with van der Waals surface area (Å²) in [6.07, 6.45) is -2.30. The summed E-state index contributed by atoms with van der Waals surface area (Å²) in [5.74, 6) is 0. The Morgan fingerprint density at radius 2 is 2.20 bits per heavy atom. The van der Waals surface area contributed by atoms with Crippen LogP contribution in [-0.4, -0.2) is 44.0 Å². The van der Waals surface area contributed by atoms with Crippen molar-refractivity contribution in [3.8, 4) is 0 Å². The Bertz CT molecular complexity index is 284. The van der Waals surface area contributed by atoms with Crippen molar-refractivity contribution in [2.24, 2.45) is 5.16 Å². The lowest BCUT2D eigenvalue weighted by atomic mass is 10.1. The van der Waals surface area contributed by atoms with E-state index in [4.69, 9.17) is 0 Å². The molecular weight excluding hydrogens is 209 g/mol. The van der Waals surface area contributed by atoms with Crippen LogP contribution in [0.2, 0.25) is 0 Å². The highest BCUT2D eigenvalue weighted by Gasteiger charge is 2.39. The molecule has 0 amide bonds. The SMILES string of the molecule is CO/N=C(/C1=CCCN(C)C1)C(F)(F)F.